The van der Waals surface area contributed by atoms with Gasteiger partial charge in [0.15, 0.2) is 0 Å². The van der Waals surface area contributed by atoms with Crippen LogP contribution in [0, 0.1) is 6.92 Å². The van der Waals surface area contributed by atoms with Gasteiger partial charge in [0.25, 0.3) is 0 Å². The van der Waals surface area contributed by atoms with E-state index in [0.29, 0.717) is 18.1 Å². The van der Waals surface area contributed by atoms with Crippen molar-refractivity contribution in [3.63, 3.8) is 0 Å². The van der Waals surface area contributed by atoms with Crippen LogP contribution in [0.5, 0.6) is 0 Å². The number of amides is 3. The number of hydrogen-bond acceptors (Lipinski definition) is 3. The zero-order valence-electron chi connectivity index (χ0n) is 20.1. The Morgan fingerprint density at radius 3 is 2.27 bits per heavy atom. The van der Waals surface area contributed by atoms with Gasteiger partial charge in [-0.05, 0) is 37.6 Å². The fourth-order valence-corrected chi connectivity index (χ4v) is 3.32. The SMILES string of the molecule is CCCN(CC(=O)Nc1cc(C(C)(C)C)nn1-c1ccccc1)C(=O)Nc1ccc(C)cc1. The molecular weight excluding hydrogens is 414 g/mol. The third-order valence-corrected chi connectivity index (χ3v) is 5.16. The number of nitrogens with one attached hydrogen (secondary N) is 2. The number of anilines is 2. The summed E-state index contributed by atoms with van der Waals surface area (Å²) in [7, 11) is 0. The monoisotopic (exact) mass is 447 g/mol. The van der Waals surface area contributed by atoms with Crippen LogP contribution in [0.15, 0.2) is 60.7 Å². The van der Waals surface area contributed by atoms with E-state index >= 15 is 0 Å². The maximum absolute atomic E-state index is 13.0. The molecule has 0 bridgehead atoms. The number of aryl methyl sites for hydroxylation is 1. The standard InChI is InChI=1S/C26H33N5O2/c1-6-16-30(25(33)27-20-14-12-19(2)13-15-20)18-24(32)28-23-17-22(26(3,4)5)29-31(23)21-10-8-7-9-11-21/h7-15,17H,6,16,18H2,1-5H3,(H,27,33)(H,28,32). The largest absolute Gasteiger partial charge is 0.322 e. The van der Waals surface area contributed by atoms with Crippen molar-refractivity contribution in [1.82, 2.24) is 14.7 Å². The Labute approximate surface area is 195 Å². The first-order valence-electron chi connectivity index (χ1n) is 11.3. The molecule has 0 fully saturated rings. The summed E-state index contributed by atoms with van der Waals surface area (Å²) < 4.78 is 1.73. The highest BCUT2D eigenvalue weighted by atomic mass is 16.2. The highest BCUT2D eigenvalue weighted by Gasteiger charge is 2.23. The first-order chi connectivity index (χ1) is 15.7. The quantitative estimate of drug-likeness (QED) is 0.512. The average Bonchev–Trinajstić information content (AvgIpc) is 3.20. The van der Waals surface area contributed by atoms with E-state index in [4.69, 9.17) is 5.10 Å². The maximum Gasteiger partial charge on any atom is 0.322 e. The van der Waals surface area contributed by atoms with Crippen LogP contribution in [0.1, 0.15) is 45.4 Å². The van der Waals surface area contributed by atoms with E-state index in [2.05, 4.69) is 31.4 Å². The lowest BCUT2D eigenvalue weighted by molar-refractivity contribution is -0.116. The van der Waals surface area contributed by atoms with E-state index < -0.39 is 0 Å². The van der Waals surface area contributed by atoms with Crippen LogP contribution >= 0.6 is 0 Å². The average molecular weight is 448 g/mol. The van der Waals surface area contributed by atoms with E-state index in [1.165, 1.54) is 4.90 Å². The second-order valence-corrected chi connectivity index (χ2v) is 9.18. The number of rotatable bonds is 7. The Hall–Kier alpha value is -3.61. The summed E-state index contributed by atoms with van der Waals surface area (Å²) in [5.74, 6) is 0.298. The summed E-state index contributed by atoms with van der Waals surface area (Å²) in [6, 6.07) is 18.8. The van der Waals surface area contributed by atoms with Crippen LogP contribution in [-0.2, 0) is 10.2 Å². The third-order valence-electron chi connectivity index (χ3n) is 5.16. The van der Waals surface area contributed by atoms with Gasteiger partial charge in [-0.15, -0.1) is 0 Å². The molecule has 3 amide bonds. The van der Waals surface area contributed by atoms with Gasteiger partial charge in [0.2, 0.25) is 5.91 Å². The third kappa shape index (κ3) is 6.44. The second kappa shape index (κ2) is 10.3. The van der Waals surface area contributed by atoms with Gasteiger partial charge in [0.1, 0.15) is 12.4 Å². The smallest absolute Gasteiger partial charge is 0.315 e. The molecule has 0 unspecified atom stereocenters. The number of nitrogens with zero attached hydrogens (tertiary/aromatic N) is 3. The Morgan fingerprint density at radius 2 is 1.67 bits per heavy atom. The predicted octanol–water partition coefficient (Wildman–Crippen LogP) is 5.36. The molecule has 0 saturated heterocycles. The van der Waals surface area contributed by atoms with Crippen molar-refractivity contribution in [3.05, 3.63) is 71.9 Å². The highest BCUT2D eigenvalue weighted by molar-refractivity contribution is 5.96. The fraction of sp³-hybridized carbons (Fsp3) is 0.346. The molecule has 1 heterocycles. The van der Waals surface area contributed by atoms with Crippen LogP contribution in [0.25, 0.3) is 5.69 Å². The van der Waals surface area contributed by atoms with Crippen LogP contribution in [0.3, 0.4) is 0 Å². The highest BCUT2D eigenvalue weighted by Crippen LogP contribution is 2.26. The van der Waals surface area contributed by atoms with Crippen molar-refractivity contribution in [3.8, 4) is 5.69 Å². The maximum atomic E-state index is 13.0. The van der Waals surface area contributed by atoms with Crippen LogP contribution in [-0.4, -0.2) is 39.7 Å². The number of urea groups is 1. The van der Waals surface area contributed by atoms with Crippen molar-refractivity contribution in [1.29, 1.82) is 0 Å². The zero-order chi connectivity index (χ0) is 24.0. The molecule has 7 heteroatoms. The predicted molar refractivity (Wildman–Crippen MR) is 133 cm³/mol. The fourth-order valence-electron chi connectivity index (χ4n) is 3.32. The van der Waals surface area contributed by atoms with Crippen molar-refractivity contribution < 1.29 is 9.59 Å². The molecule has 0 aliphatic rings. The summed E-state index contributed by atoms with van der Waals surface area (Å²) in [6.07, 6.45) is 0.741. The van der Waals surface area contributed by atoms with Crippen LogP contribution < -0.4 is 10.6 Å². The molecule has 1 aromatic heterocycles. The summed E-state index contributed by atoms with van der Waals surface area (Å²) in [6.45, 7) is 10.6. The summed E-state index contributed by atoms with van der Waals surface area (Å²) in [5.41, 5.74) is 3.35. The van der Waals surface area contributed by atoms with Gasteiger partial charge in [-0.3, -0.25) is 4.79 Å². The summed E-state index contributed by atoms with van der Waals surface area (Å²) >= 11 is 0. The molecule has 0 aliphatic heterocycles. The summed E-state index contributed by atoms with van der Waals surface area (Å²) in [4.78, 5) is 27.3. The molecule has 2 aromatic carbocycles. The number of benzene rings is 2. The molecule has 0 saturated carbocycles. The molecule has 3 rings (SSSR count). The number of hydrogen-bond donors (Lipinski definition) is 2. The number of para-hydroxylation sites is 1. The first kappa shape index (κ1) is 24.0. The molecule has 7 nitrogen and oxygen atoms in total. The van der Waals surface area contributed by atoms with Crippen LogP contribution in [0.2, 0.25) is 0 Å². The van der Waals surface area contributed by atoms with E-state index in [0.717, 1.165) is 23.4 Å². The van der Waals surface area contributed by atoms with Crippen molar-refractivity contribution in [2.24, 2.45) is 0 Å². The van der Waals surface area contributed by atoms with Gasteiger partial charge in [0.05, 0.1) is 11.4 Å². The van der Waals surface area contributed by atoms with Crippen molar-refractivity contribution in [2.75, 3.05) is 23.7 Å². The molecule has 174 valence electrons. The molecular formula is C26H33N5O2. The van der Waals surface area contributed by atoms with Gasteiger partial charge in [0, 0.05) is 23.7 Å². The summed E-state index contributed by atoms with van der Waals surface area (Å²) in [5, 5.41) is 10.6. The minimum absolute atomic E-state index is 0.0592. The molecule has 2 N–H and O–H groups in total. The molecule has 0 radical (unpaired) electrons. The zero-order valence-corrected chi connectivity index (χ0v) is 20.1. The number of carbonyl (C=O) groups excluding carboxylic acids is 2. The topological polar surface area (TPSA) is 79.3 Å². The molecule has 0 aliphatic carbocycles. The van der Waals surface area contributed by atoms with Gasteiger partial charge in [-0.2, -0.15) is 5.10 Å². The second-order valence-electron chi connectivity index (χ2n) is 9.18. The normalized spacial score (nSPS) is 11.2. The van der Waals surface area contributed by atoms with E-state index in [9.17, 15) is 9.59 Å². The first-order valence-corrected chi connectivity index (χ1v) is 11.3. The minimum atomic E-state index is -0.303. The molecule has 3 aromatic rings. The van der Waals surface area contributed by atoms with Gasteiger partial charge >= 0.3 is 6.03 Å². The number of aromatic nitrogens is 2. The Balaban J connectivity index is 1.76. The Bertz CT molecular complexity index is 1080. The minimum Gasteiger partial charge on any atom is -0.315 e. The van der Waals surface area contributed by atoms with E-state index in [1.54, 1.807) is 4.68 Å². The number of carbonyl (C=O) groups is 2. The Morgan fingerprint density at radius 1 is 1.00 bits per heavy atom. The van der Waals surface area contributed by atoms with Crippen molar-refractivity contribution >= 4 is 23.4 Å². The van der Waals surface area contributed by atoms with Gasteiger partial charge in [-0.1, -0.05) is 63.6 Å². The lowest BCUT2D eigenvalue weighted by Gasteiger charge is -2.22. The Kier molecular flexibility index (Phi) is 7.53. The molecule has 0 atom stereocenters. The lowest BCUT2D eigenvalue weighted by atomic mass is 9.92. The lowest BCUT2D eigenvalue weighted by Crippen LogP contribution is -2.41. The van der Waals surface area contributed by atoms with E-state index in [-0.39, 0.29) is 23.9 Å². The van der Waals surface area contributed by atoms with Crippen molar-refractivity contribution in [2.45, 2.75) is 46.5 Å². The van der Waals surface area contributed by atoms with Gasteiger partial charge < -0.3 is 15.5 Å². The molecule has 33 heavy (non-hydrogen) atoms. The van der Waals surface area contributed by atoms with E-state index in [1.807, 2.05) is 74.5 Å². The molecule has 0 spiro atoms. The van der Waals surface area contributed by atoms with Crippen LogP contribution in [0.4, 0.5) is 16.3 Å². The van der Waals surface area contributed by atoms with Gasteiger partial charge in [-0.25, -0.2) is 9.48 Å².